The highest BCUT2D eigenvalue weighted by molar-refractivity contribution is 5.92. The van der Waals surface area contributed by atoms with Gasteiger partial charge in [0.15, 0.2) is 0 Å². The quantitative estimate of drug-likeness (QED) is 0.755. The first kappa shape index (κ1) is 15.4. The molecular weight excluding hydrogens is 330 g/mol. The Hall–Kier alpha value is -2.90. The fourth-order valence-corrected chi connectivity index (χ4v) is 3.94. The summed E-state index contributed by atoms with van der Waals surface area (Å²) in [5.41, 5.74) is 1.68. The first-order chi connectivity index (χ1) is 12.7. The molecule has 0 aromatic carbocycles. The number of hydrogen-bond donors (Lipinski definition) is 1. The van der Waals surface area contributed by atoms with Crippen molar-refractivity contribution in [2.24, 2.45) is 12.5 Å². The van der Waals surface area contributed by atoms with Crippen molar-refractivity contribution in [1.29, 1.82) is 0 Å². The molecule has 1 saturated heterocycles. The molecule has 1 amide bonds. The summed E-state index contributed by atoms with van der Waals surface area (Å²) in [6.07, 6.45) is 9.13. The maximum atomic E-state index is 13.0. The summed E-state index contributed by atoms with van der Waals surface area (Å²) in [5, 5.41) is 1.04. The Balaban J connectivity index is 1.45. The van der Waals surface area contributed by atoms with E-state index in [1.165, 1.54) is 0 Å². The lowest BCUT2D eigenvalue weighted by Gasteiger charge is -2.25. The van der Waals surface area contributed by atoms with Crippen LogP contribution in [0.1, 0.15) is 23.3 Å². The van der Waals surface area contributed by atoms with E-state index in [1.807, 2.05) is 24.2 Å². The van der Waals surface area contributed by atoms with Gasteiger partial charge < -0.3 is 19.4 Å². The molecule has 26 heavy (non-hydrogen) atoms. The van der Waals surface area contributed by atoms with Gasteiger partial charge in [0.25, 0.3) is 5.91 Å². The van der Waals surface area contributed by atoms with Crippen molar-refractivity contribution in [3.8, 4) is 0 Å². The van der Waals surface area contributed by atoms with Crippen molar-refractivity contribution in [3.05, 3.63) is 36.8 Å². The van der Waals surface area contributed by atoms with Gasteiger partial charge in [-0.05, 0) is 18.9 Å². The Morgan fingerprint density at radius 3 is 2.88 bits per heavy atom. The molecule has 0 radical (unpaired) electrons. The minimum absolute atomic E-state index is 0.0626. The van der Waals surface area contributed by atoms with Gasteiger partial charge in [-0.3, -0.25) is 4.79 Å². The van der Waals surface area contributed by atoms with Gasteiger partial charge in [-0.25, -0.2) is 15.0 Å². The van der Waals surface area contributed by atoms with E-state index in [0.29, 0.717) is 12.2 Å². The second kappa shape index (κ2) is 5.55. The van der Waals surface area contributed by atoms with E-state index in [-0.39, 0.29) is 11.3 Å². The summed E-state index contributed by atoms with van der Waals surface area (Å²) in [6.45, 7) is 3.18. The molecule has 134 valence electrons. The number of rotatable bonds is 2. The molecule has 4 heterocycles. The number of anilines is 1. The van der Waals surface area contributed by atoms with Crippen LogP contribution in [0.15, 0.2) is 31.1 Å². The molecule has 3 aromatic heterocycles. The number of fused-ring (bicyclic) bond motifs is 1. The normalized spacial score (nSPS) is 19.1. The molecule has 1 aliphatic heterocycles. The lowest BCUT2D eigenvalue weighted by atomic mass is 10.1. The third kappa shape index (κ3) is 2.44. The first-order valence-corrected chi connectivity index (χ1v) is 8.94. The SMILES string of the molecule is Cn1cncc1C(=O)N1CCN(c2ncnc3[nH]ccc23)CC2(CC2)C1. The molecule has 2 aliphatic rings. The maximum absolute atomic E-state index is 13.0. The molecular formula is C18H21N7O. The number of H-pyrrole nitrogens is 1. The molecule has 0 bridgehead atoms. The molecule has 3 aromatic rings. The molecule has 0 unspecified atom stereocenters. The number of nitrogens with one attached hydrogen (secondary N) is 1. The van der Waals surface area contributed by atoms with Crippen molar-refractivity contribution < 1.29 is 4.79 Å². The van der Waals surface area contributed by atoms with E-state index in [4.69, 9.17) is 0 Å². The zero-order valence-electron chi connectivity index (χ0n) is 14.7. The minimum atomic E-state index is 0.0626. The molecule has 1 spiro atoms. The fraction of sp³-hybridized carbons (Fsp3) is 0.444. The predicted octanol–water partition coefficient (Wildman–Crippen LogP) is 1.43. The Kier molecular flexibility index (Phi) is 3.28. The minimum Gasteiger partial charge on any atom is -0.354 e. The molecule has 8 heteroatoms. The lowest BCUT2D eigenvalue weighted by Crippen LogP contribution is -2.37. The van der Waals surface area contributed by atoms with Crippen LogP contribution >= 0.6 is 0 Å². The van der Waals surface area contributed by atoms with Crippen molar-refractivity contribution in [1.82, 2.24) is 29.4 Å². The van der Waals surface area contributed by atoms with Crippen molar-refractivity contribution in [2.75, 3.05) is 31.1 Å². The number of nitrogens with zero attached hydrogens (tertiary/aromatic N) is 6. The molecule has 5 rings (SSSR count). The van der Waals surface area contributed by atoms with Crippen molar-refractivity contribution >= 4 is 22.8 Å². The van der Waals surface area contributed by atoms with Crippen LogP contribution < -0.4 is 4.90 Å². The van der Waals surface area contributed by atoms with Crippen LogP contribution in [0.4, 0.5) is 5.82 Å². The average molecular weight is 351 g/mol. The van der Waals surface area contributed by atoms with Gasteiger partial charge in [0, 0.05) is 44.8 Å². The summed E-state index contributed by atoms with van der Waals surface area (Å²) in [6, 6.07) is 2.02. The molecule has 0 atom stereocenters. The third-order valence-corrected chi connectivity index (χ3v) is 5.60. The van der Waals surface area contributed by atoms with Gasteiger partial charge in [-0.15, -0.1) is 0 Å². The second-order valence-corrected chi connectivity index (χ2v) is 7.48. The maximum Gasteiger partial charge on any atom is 0.272 e. The number of imidazole rings is 1. The van der Waals surface area contributed by atoms with Gasteiger partial charge in [0.2, 0.25) is 0 Å². The fourth-order valence-electron chi connectivity index (χ4n) is 3.94. The van der Waals surface area contributed by atoms with E-state index >= 15 is 0 Å². The number of aryl methyl sites for hydroxylation is 1. The number of carbonyl (C=O) groups is 1. The Morgan fingerprint density at radius 2 is 2.12 bits per heavy atom. The largest absolute Gasteiger partial charge is 0.354 e. The lowest BCUT2D eigenvalue weighted by molar-refractivity contribution is 0.0731. The van der Waals surface area contributed by atoms with Crippen molar-refractivity contribution in [3.63, 3.8) is 0 Å². The summed E-state index contributed by atoms with van der Waals surface area (Å²) in [7, 11) is 1.86. The van der Waals surface area contributed by atoms with Crippen LogP contribution in [-0.2, 0) is 7.05 Å². The zero-order chi connectivity index (χ0) is 17.7. The summed E-state index contributed by atoms with van der Waals surface area (Å²) < 4.78 is 1.79. The number of aromatic nitrogens is 5. The molecule has 1 N–H and O–H groups in total. The standard InChI is InChI=1S/C18H21N7O/c1-23-12-19-8-14(23)17(26)25-7-6-24(9-18(10-25)3-4-18)16-13-2-5-20-15(13)21-11-22-16/h2,5,8,11-12H,3-4,6-7,9-10H2,1H3,(H,20,21,22). The molecule has 1 saturated carbocycles. The first-order valence-electron chi connectivity index (χ1n) is 8.94. The molecule has 8 nitrogen and oxygen atoms in total. The Morgan fingerprint density at radius 1 is 1.23 bits per heavy atom. The van der Waals surface area contributed by atoms with Crippen LogP contribution in [0.2, 0.25) is 0 Å². The Labute approximate surface area is 150 Å². The van der Waals surface area contributed by atoms with E-state index in [1.54, 1.807) is 23.4 Å². The summed E-state index contributed by atoms with van der Waals surface area (Å²) in [4.78, 5) is 33.4. The van der Waals surface area contributed by atoms with Crippen LogP contribution in [0, 0.1) is 5.41 Å². The molecule has 2 fully saturated rings. The number of aromatic amines is 1. The van der Waals surface area contributed by atoms with Crippen LogP contribution in [0.3, 0.4) is 0 Å². The van der Waals surface area contributed by atoms with Crippen LogP contribution in [0.25, 0.3) is 11.0 Å². The van der Waals surface area contributed by atoms with Crippen LogP contribution in [0.5, 0.6) is 0 Å². The summed E-state index contributed by atoms with van der Waals surface area (Å²) >= 11 is 0. The van der Waals surface area contributed by atoms with Gasteiger partial charge in [0.05, 0.1) is 17.9 Å². The van der Waals surface area contributed by atoms with E-state index in [0.717, 1.165) is 49.3 Å². The summed E-state index contributed by atoms with van der Waals surface area (Å²) in [5.74, 6) is 1.02. The number of carbonyl (C=O) groups excluding carboxylic acids is 1. The van der Waals surface area contributed by atoms with Crippen molar-refractivity contribution in [2.45, 2.75) is 12.8 Å². The van der Waals surface area contributed by atoms with E-state index in [9.17, 15) is 4.79 Å². The third-order valence-electron chi connectivity index (χ3n) is 5.60. The number of hydrogen-bond acceptors (Lipinski definition) is 5. The Bertz CT molecular complexity index is 971. The van der Waals surface area contributed by atoms with Gasteiger partial charge in [0.1, 0.15) is 23.5 Å². The monoisotopic (exact) mass is 351 g/mol. The average Bonchev–Trinajstić information content (AvgIpc) is 3.06. The van der Waals surface area contributed by atoms with Gasteiger partial charge in [-0.1, -0.05) is 0 Å². The van der Waals surface area contributed by atoms with Crippen LogP contribution in [-0.4, -0.2) is 61.5 Å². The topological polar surface area (TPSA) is 82.9 Å². The van der Waals surface area contributed by atoms with E-state index < -0.39 is 0 Å². The highest BCUT2D eigenvalue weighted by atomic mass is 16.2. The van der Waals surface area contributed by atoms with E-state index in [2.05, 4.69) is 24.8 Å². The second-order valence-electron chi connectivity index (χ2n) is 7.48. The highest BCUT2D eigenvalue weighted by Gasteiger charge is 2.48. The molecule has 1 aliphatic carbocycles. The highest BCUT2D eigenvalue weighted by Crippen LogP contribution is 2.48. The predicted molar refractivity (Wildman–Crippen MR) is 96.9 cm³/mol. The smallest absolute Gasteiger partial charge is 0.272 e. The number of amides is 1. The van der Waals surface area contributed by atoms with Gasteiger partial charge >= 0.3 is 0 Å². The zero-order valence-corrected chi connectivity index (χ0v) is 14.7. The van der Waals surface area contributed by atoms with Gasteiger partial charge in [-0.2, -0.15) is 0 Å².